The van der Waals surface area contributed by atoms with Gasteiger partial charge in [-0.2, -0.15) is 0 Å². The SMILES string of the molecule is O=C1CCCCCN1CCCNC(=NCC1CCCCO1)NCCc1ccco1. The number of guanidine groups is 1. The zero-order valence-corrected chi connectivity index (χ0v) is 17.5. The average Bonchev–Trinajstić information content (AvgIpc) is 3.18. The van der Waals surface area contributed by atoms with Gasteiger partial charge in [0.25, 0.3) is 0 Å². The maximum Gasteiger partial charge on any atom is 0.222 e. The van der Waals surface area contributed by atoms with Crippen LogP contribution < -0.4 is 10.6 Å². The third-order valence-corrected chi connectivity index (χ3v) is 5.54. The third-order valence-electron chi connectivity index (χ3n) is 5.54. The first-order valence-corrected chi connectivity index (χ1v) is 11.3. The molecule has 0 spiro atoms. The number of nitrogens with one attached hydrogen (secondary N) is 2. The Labute approximate surface area is 174 Å². The molecule has 1 aromatic rings. The molecule has 162 valence electrons. The molecule has 3 rings (SSSR count). The molecule has 1 atom stereocenters. The maximum absolute atomic E-state index is 12.1. The van der Waals surface area contributed by atoms with Gasteiger partial charge in [0, 0.05) is 45.6 Å². The quantitative estimate of drug-likeness (QED) is 0.376. The van der Waals surface area contributed by atoms with Crippen molar-refractivity contribution in [1.82, 2.24) is 15.5 Å². The number of nitrogens with zero attached hydrogens (tertiary/aromatic N) is 2. The summed E-state index contributed by atoms with van der Waals surface area (Å²) in [5.74, 6) is 2.09. The van der Waals surface area contributed by atoms with E-state index < -0.39 is 0 Å². The van der Waals surface area contributed by atoms with E-state index in [1.807, 2.05) is 17.0 Å². The molecule has 0 bridgehead atoms. The van der Waals surface area contributed by atoms with Gasteiger partial charge in [-0.05, 0) is 50.7 Å². The fourth-order valence-corrected chi connectivity index (χ4v) is 3.83. The summed E-state index contributed by atoms with van der Waals surface area (Å²) in [6.45, 7) is 4.80. The lowest BCUT2D eigenvalue weighted by Gasteiger charge is -2.22. The summed E-state index contributed by atoms with van der Waals surface area (Å²) in [7, 11) is 0. The minimum atomic E-state index is 0.224. The average molecular weight is 405 g/mol. The normalized spacial score (nSPS) is 21.1. The van der Waals surface area contributed by atoms with Crippen LogP contribution in [0, 0.1) is 0 Å². The van der Waals surface area contributed by atoms with E-state index in [0.29, 0.717) is 18.9 Å². The fraction of sp³-hybridized carbons (Fsp3) is 0.727. The van der Waals surface area contributed by atoms with Gasteiger partial charge in [0.1, 0.15) is 5.76 Å². The highest BCUT2D eigenvalue weighted by Crippen LogP contribution is 2.13. The molecule has 1 unspecified atom stereocenters. The first kappa shape index (κ1) is 21.7. The summed E-state index contributed by atoms with van der Waals surface area (Å²) in [5.41, 5.74) is 0. The van der Waals surface area contributed by atoms with Gasteiger partial charge in [0.2, 0.25) is 5.91 Å². The molecule has 2 fully saturated rings. The fourth-order valence-electron chi connectivity index (χ4n) is 3.83. The second-order valence-electron chi connectivity index (χ2n) is 7.91. The van der Waals surface area contributed by atoms with Gasteiger partial charge in [-0.25, -0.2) is 0 Å². The van der Waals surface area contributed by atoms with Crippen LogP contribution in [0.2, 0.25) is 0 Å². The molecule has 2 aliphatic rings. The number of hydrogen-bond donors (Lipinski definition) is 2. The topological polar surface area (TPSA) is 79.1 Å². The van der Waals surface area contributed by atoms with Crippen molar-refractivity contribution >= 4 is 11.9 Å². The van der Waals surface area contributed by atoms with Crippen molar-refractivity contribution in [3.8, 4) is 0 Å². The van der Waals surface area contributed by atoms with Crippen molar-refractivity contribution in [2.75, 3.05) is 39.3 Å². The Morgan fingerprint density at radius 2 is 2.10 bits per heavy atom. The number of aliphatic imine (C=N–C) groups is 1. The van der Waals surface area contributed by atoms with Crippen molar-refractivity contribution < 1.29 is 13.9 Å². The van der Waals surface area contributed by atoms with Gasteiger partial charge in [-0.3, -0.25) is 9.79 Å². The molecular formula is C22H36N4O3. The molecule has 7 heteroatoms. The van der Waals surface area contributed by atoms with E-state index in [1.54, 1.807) is 6.26 Å². The molecule has 0 saturated carbocycles. The van der Waals surface area contributed by atoms with E-state index >= 15 is 0 Å². The van der Waals surface area contributed by atoms with Gasteiger partial charge in [0.15, 0.2) is 5.96 Å². The van der Waals surface area contributed by atoms with Crippen LogP contribution in [-0.4, -0.2) is 62.2 Å². The first-order valence-electron chi connectivity index (χ1n) is 11.3. The standard InChI is InChI=1S/C22H36N4O3/c27-21-10-2-1-4-14-26(21)15-7-12-23-22(24-13-11-19-9-6-17-28-19)25-18-20-8-3-5-16-29-20/h6,9,17,20H,1-5,7-8,10-16,18H2,(H2,23,24,25). The van der Waals surface area contributed by atoms with Crippen LogP contribution >= 0.6 is 0 Å². The van der Waals surface area contributed by atoms with Gasteiger partial charge >= 0.3 is 0 Å². The predicted octanol–water partition coefficient (Wildman–Crippen LogP) is 2.72. The van der Waals surface area contributed by atoms with Gasteiger partial charge in [-0.15, -0.1) is 0 Å². The van der Waals surface area contributed by atoms with Crippen LogP contribution in [0.1, 0.15) is 57.1 Å². The Hall–Kier alpha value is -2.02. The number of amides is 1. The summed E-state index contributed by atoms with van der Waals surface area (Å²) in [4.78, 5) is 18.9. The molecule has 2 N–H and O–H groups in total. The maximum atomic E-state index is 12.1. The number of likely N-dealkylation sites (tertiary alicyclic amines) is 1. The molecule has 3 heterocycles. The lowest BCUT2D eigenvalue weighted by Crippen LogP contribution is -2.41. The second-order valence-corrected chi connectivity index (χ2v) is 7.91. The largest absolute Gasteiger partial charge is 0.469 e. The highest BCUT2D eigenvalue weighted by Gasteiger charge is 2.16. The van der Waals surface area contributed by atoms with E-state index in [4.69, 9.17) is 14.1 Å². The Bertz CT molecular complexity index is 612. The van der Waals surface area contributed by atoms with Crippen molar-refractivity contribution in [2.24, 2.45) is 4.99 Å². The van der Waals surface area contributed by atoms with Gasteiger partial charge < -0.3 is 24.7 Å². The number of furan rings is 1. The van der Waals surface area contributed by atoms with Crippen molar-refractivity contribution in [1.29, 1.82) is 0 Å². The molecule has 2 saturated heterocycles. The summed E-state index contributed by atoms with van der Waals surface area (Å²) < 4.78 is 11.2. The minimum Gasteiger partial charge on any atom is -0.469 e. The number of carbonyl (C=O) groups excluding carboxylic acids is 1. The van der Waals surface area contributed by atoms with E-state index in [0.717, 1.165) is 83.0 Å². The molecule has 1 amide bonds. The zero-order valence-electron chi connectivity index (χ0n) is 17.5. The van der Waals surface area contributed by atoms with Crippen molar-refractivity contribution in [2.45, 2.75) is 63.9 Å². The second kappa shape index (κ2) is 12.5. The number of carbonyl (C=O) groups is 1. The van der Waals surface area contributed by atoms with Gasteiger partial charge in [0.05, 0.1) is 18.9 Å². The van der Waals surface area contributed by atoms with Crippen LogP contribution in [-0.2, 0) is 16.0 Å². The monoisotopic (exact) mass is 404 g/mol. The minimum absolute atomic E-state index is 0.224. The van der Waals surface area contributed by atoms with E-state index in [-0.39, 0.29) is 6.10 Å². The summed E-state index contributed by atoms with van der Waals surface area (Å²) in [6.07, 6.45) is 11.2. The zero-order chi connectivity index (χ0) is 20.2. The number of hydrogen-bond acceptors (Lipinski definition) is 4. The third kappa shape index (κ3) is 8.09. The van der Waals surface area contributed by atoms with Crippen LogP contribution in [0.5, 0.6) is 0 Å². The predicted molar refractivity (Wildman–Crippen MR) is 114 cm³/mol. The molecule has 0 radical (unpaired) electrons. The highest BCUT2D eigenvalue weighted by molar-refractivity contribution is 5.79. The van der Waals surface area contributed by atoms with E-state index in [2.05, 4.69) is 10.6 Å². The van der Waals surface area contributed by atoms with E-state index in [9.17, 15) is 4.79 Å². The Morgan fingerprint density at radius 3 is 2.93 bits per heavy atom. The summed E-state index contributed by atoms with van der Waals surface area (Å²) in [5, 5.41) is 6.82. The molecular weight excluding hydrogens is 368 g/mol. The summed E-state index contributed by atoms with van der Waals surface area (Å²) >= 11 is 0. The summed E-state index contributed by atoms with van der Waals surface area (Å²) in [6, 6.07) is 3.90. The first-order chi connectivity index (χ1) is 14.3. The van der Waals surface area contributed by atoms with Crippen LogP contribution in [0.25, 0.3) is 0 Å². The molecule has 7 nitrogen and oxygen atoms in total. The lowest BCUT2D eigenvalue weighted by molar-refractivity contribution is -0.130. The van der Waals surface area contributed by atoms with Crippen molar-refractivity contribution in [3.63, 3.8) is 0 Å². The highest BCUT2D eigenvalue weighted by atomic mass is 16.5. The van der Waals surface area contributed by atoms with Crippen LogP contribution in [0.3, 0.4) is 0 Å². The molecule has 1 aromatic heterocycles. The Kier molecular flexibility index (Phi) is 9.36. The Morgan fingerprint density at radius 1 is 1.17 bits per heavy atom. The lowest BCUT2D eigenvalue weighted by atomic mass is 10.1. The Balaban J connectivity index is 1.42. The van der Waals surface area contributed by atoms with Crippen LogP contribution in [0.4, 0.5) is 0 Å². The molecule has 29 heavy (non-hydrogen) atoms. The number of rotatable bonds is 9. The number of ether oxygens (including phenoxy) is 1. The smallest absolute Gasteiger partial charge is 0.222 e. The van der Waals surface area contributed by atoms with Gasteiger partial charge in [-0.1, -0.05) is 6.42 Å². The van der Waals surface area contributed by atoms with E-state index in [1.165, 1.54) is 12.8 Å². The van der Waals surface area contributed by atoms with Crippen molar-refractivity contribution in [3.05, 3.63) is 24.2 Å². The molecule has 0 aliphatic carbocycles. The van der Waals surface area contributed by atoms with Crippen LogP contribution in [0.15, 0.2) is 27.8 Å². The molecule has 2 aliphatic heterocycles. The molecule has 0 aromatic carbocycles.